The summed E-state index contributed by atoms with van der Waals surface area (Å²) in [4.78, 5) is 72.7. The van der Waals surface area contributed by atoms with Crippen molar-refractivity contribution in [2.75, 3.05) is 6.54 Å². The van der Waals surface area contributed by atoms with Crippen LogP contribution in [0.2, 0.25) is 0 Å². The third-order valence-electron chi connectivity index (χ3n) is 11.9. The molecule has 0 aromatic heterocycles. The molecule has 3 N–H and O–H groups in total. The molecule has 7 rings (SSSR count). The Morgan fingerprint density at radius 3 is 2.52 bits per heavy atom. The van der Waals surface area contributed by atoms with Gasteiger partial charge in [-0.3, -0.25) is 24.0 Å². The van der Waals surface area contributed by atoms with Crippen LogP contribution in [0, 0.1) is 11.8 Å². The van der Waals surface area contributed by atoms with E-state index >= 15 is 0 Å². The van der Waals surface area contributed by atoms with Gasteiger partial charge in [0.05, 0.1) is 18.3 Å². The van der Waals surface area contributed by atoms with Crippen LogP contribution in [0.3, 0.4) is 0 Å². The third kappa shape index (κ3) is 7.87. The van der Waals surface area contributed by atoms with Gasteiger partial charge in [-0.2, -0.15) is 0 Å². The number of hydrogen-bond acceptors (Lipinski definition) is 9. The molecule has 15 heteroatoms. The lowest BCUT2D eigenvalue weighted by Gasteiger charge is -2.35. The molecule has 292 valence electrons. The molecule has 5 atom stereocenters. The molecular weight excluding hydrogens is 715 g/mol. The van der Waals surface area contributed by atoms with Crippen molar-refractivity contribution in [1.29, 1.82) is 0 Å². The van der Waals surface area contributed by atoms with E-state index in [1.54, 1.807) is 4.90 Å². The molecule has 5 amide bonds. The normalized spacial score (nSPS) is 30.8. The van der Waals surface area contributed by atoms with E-state index in [9.17, 15) is 32.4 Å². The van der Waals surface area contributed by atoms with Gasteiger partial charge in [0.1, 0.15) is 29.3 Å². The van der Waals surface area contributed by atoms with Gasteiger partial charge in [0.2, 0.25) is 21.8 Å². The first kappa shape index (κ1) is 37.9. The van der Waals surface area contributed by atoms with E-state index in [1.165, 1.54) is 11.0 Å². The number of hydrogen-bond donors (Lipinski definition) is 3. The van der Waals surface area contributed by atoms with Gasteiger partial charge in [0, 0.05) is 18.9 Å². The lowest BCUT2D eigenvalue weighted by molar-refractivity contribution is -0.142. The van der Waals surface area contributed by atoms with Crippen molar-refractivity contribution in [2.45, 2.75) is 132 Å². The van der Waals surface area contributed by atoms with Crippen LogP contribution in [0.25, 0.3) is 6.08 Å². The Balaban J connectivity index is 1.19. The number of fused-ring (bicyclic) bond motifs is 3. The standard InChI is InChI=1S/C39H51N5O9S/c1-4-27-20-39(27,35(47)42-54(50,51)29-16-17-29)41-33(45)31-19-28-22-44(31)34(46)32(25-12-6-5-7-13-25)40-36(48)53-38(2,3)18-9-8-11-24-14-10-15-26-21-43(23-30(24)26)37(49)52-28/h4,8,10-11,14-15,25,27-29,31-32H,1,5-7,9,12-13,16-23H2,2-3H3,(H,40,48)(H,41,45)(H,42,47)/b11-8+/t27-,28-,31+,32+,39-/m1/s1. The van der Waals surface area contributed by atoms with Gasteiger partial charge in [-0.1, -0.05) is 55.7 Å². The third-order valence-corrected chi connectivity index (χ3v) is 13.7. The van der Waals surface area contributed by atoms with Crippen LogP contribution in [0.4, 0.5) is 9.59 Å². The molecule has 3 aliphatic heterocycles. The van der Waals surface area contributed by atoms with Crippen molar-refractivity contribution >= 4 is 46.0 Å². The summed E-state index contributed by atoms with van der Waals surface area (Å²) in [5, 5.41) is 5.00. The molecule has 3 aliphatic carbocycles. The van der Waals surface area contributed by atoms with Gasteiger partial charge >= 0.3 is 12.2 Å². The minimum atomic E-state index is -3.91. The number of rotatable bonds is 7. The van der Waals surface area contributed by atoms with Crippen LogP contribution < -0.4 is 15.4 Å². The lowest BCUT2D eigenvalue weighted by atomic mass is 9.83. The molecule has 1 aromatic rings. The number of cyclic esters (lactones) is 1. The van der Waals surface area contributed by atoms with Gasteiger partial charge in [-0.25, -0.2) is 18.0 Å². The summed E-state index contributed by atoms with van der Waals surface area (Å²) in [6.07, 6.45) is 9.56. The van der Waals surface area contributed by atoms with Crippen LogP contribution >= 0.6 is 0 Å². The Bertz CT molecular complexity index is 1850. The summed E-state index contributed by atoms with van der Waals surface area (Å²) in [5.41, 5.74) is 0.542. The molecule has 0 radical (unpaired) electrons. The van der Waals surface area contributed by atoms with Crippen LogP contribution in [-0.4, -0.2) is 89.2 Å². The smallest absolute Gasteiger partial charge is 0.410 e. The zero-order valence-corrected chi connectivity index (χ0v) is 31.8. The molecule has 4 fully saturated rings. The minimum absolute atomic E-state index is 0.0657. The fourth-order valence-electron chi connectivity index (χ4n) is 8.47. The van der Waals surface area contributed by atoms with E-state index in [0.29, 0.717) is 51.6 Å². The molecule has 1 aromatic carbocycles. The molecule has 54 heavy (non-hydrogen) atoms. The molecule has 1 saturated heterocycles. The van der Waals surface area contributed by atoms with Gasteiger partial charge < -0.3 is 25.0 Å². The predicted molar refractivity (Wildman–Crippen MR) is 198 cm³/mol. The number of nitrogens with zero attached hydrogens (tertiary/aromatic N) is 2. The fourth-order valence-corrected chi connectivity index (χ4v) is 9.84. The van der Waals surface area contributed by atoms with Crippen molar-refractivity contribution < 1.29 is 41.9 Å². The van der Waals surface area contributed by atoms with E-state index in [-0.39, 0.29) is 25.3 Å². The summed E-state index contributed by atoms with van der Waals surface area (Å²) >= 11 is 0. The average Bonchev–Trinajstić information content (AvgIpc) is 4.02. The van der Waals surface area contributed by atoms with Crippen molar-refractivity contribution in [2.24, 2.45) is 11.8 Å². The second-order valence-electron chi connectivity index (χ2n) is 16.4. The maximum absolute atomic E-state index is 14.7. The van der Waals surface area contributed by atoms with Gasteiger partial charge in [0.25, 0.3) is 5.91 Å². The highest BCUT2D eigenvalue weighted by atomic mass is 32.2. The fraction of sp³-hybridized carbons (Fsp3) is 0.615. The summed E-state index contributed by atoms with van der Waals surface area (Å²) in [5.74, 6) is -2.81. The second-order valence-corrected chi connectivity index (χ2v) is 18.3. The minimum Gasteiger partial charge on any atom is -0.444 e. The van der Waals surface area contributed by atoms with Crippen molar-refractivity contribution in [1.82, 2.24) is 25.2 Å². The predicted octanol–water partition coefficient (Wildman–Crippen LogP) is 4.04. The molecule has 6 aliphatic rings. The number of carbonyl (C=O) groups is 5. The first-order valence-corrected chi connectivity index (χ1v) is 20.8. The van der Waals surface area contributed by atoms with Gasteiger partial charge in [0.15, 0.2) is 0 Å². The molecule has 14 nitrogen and oxygen atoms in total. The monoisotopic (exact) mass is 765 g/mol. The highest BCUT2D eigenvalue weighted by Gasteiger charge is 2.62. The molecule has 0 spiro atoms. The van der Waals surface area contributed by atoms with Crippen LogP contribution in [0.15, 0.2) is 36.9 Å². The Kier molecular flexibility index (Phi) is 10.3. The zero-order valence-electron chi connectivity index (χ0n) is 31.0. The van der Waals surface area contributed by atoms with E-state index in [4.69, 9.17) is 9.47 Å². The number of sulfonamides is 1. The zero-order chi connectivity index (χ0) is 38.4. The molecule has 3 heterocycles. The maximum atomic E-state index is 14.7. The molecule has 4 bridgehead atoms. The number of nitrogens with one attached hydrogen (secondary N) is 3. The SMILES string of the molecule is C=C[C@@H]1C[C@]1(NC(=O)[C@@H]1C[C@@H]2CN1C(=O)[C@H](C1CCCCC1)NC(=O)OC(C)(C)CC/C=C/c1cccc3c1CN(C3)C(=O)O2)C(=O)NS(=O)(=O)C1CC1. The van der Waals surface area contributed by atoms with Gasteiger partial charge in [-0.15, -0.1) is 6.58 Å². The highest BCUT2D eigenvalue weighted by Crippen LogP contribution is 2.45. The Labute approximate surface area is 316 Å². The van der Waals surface area contributed by atoms with Crippen LogP contribution in [0.1, 0.15) is 101 Å². The lowest BCUT2D eigenvalue weighted by Crippen LogP contribution is -2.59. The topological polar surface area (TPSA) is 181 Å². The highest BCUT2D eigenvalue weighted by molar-refractivity contribution is 7.91. The number of ether oxygens (including phenoxy) is 2. The van der Waals surface area contributed by atoms with Crippen LogP contribution in [-0.2, 0) is 47.0 Å². The number of benzene rings is 1. The Hall–Kier alpha value is -4.40. The molecular formula is C39H51N5O9S. The number of allylic oxidation sites excluding steroid dienone is 1. The number of carbonyl (C=O) groups excluding carboxylic acids is 5. The number of amides is 5. The van der Waals surface area contributed by atoms with E-state index in [2.05, 4.69) is 21.9 Å². The van der Waals surface area contributed by atoms with E-state index in [0.717, 1.165) is 36.0 Å². The van der Waals surface area contributed by atoms with Crippen molar-refractivity contribution in [3.63, 3.8) is 0 Å². The first-order valence-electron chi connectivity index (χ1n) is 19.2. The Morgan fingerprint density at radius 1 is 1.06 bits per heavy atom. The van der Waals surface area contributed by atoms with Crippen molar-refractivity contribution in [3.05, 3.63) is 53.6 Å². The van der Waals surface area contributed by atoms with Crippen LogP contribution in [0.5, 0.6) is 0 Å². The summed E-state index contributed by atoms with van der Waals surface area (Å²) < 4.78 is 39.5. The van der Waals surface area contributed by atoms with Crippen molar-refractivity contribution in [3.8, 4) is 0 Å². The Morgan fingerprint density at radius 2 is 1.81 bits per heavy atom. The largest absolute Gasteiger partial charge is 0.444 e. The maximum Gasteiger partial charge on any atom is 0.410 e. The molecule has 3 saturated carbocycles. The van der Waals surface area contributed by atoms with E-state index in [1.807, 2.05) is 44.2 Å². The summed E-state index contributed by atoms with van der Waals surface area (Å²) in [6, 6.07) is 3.69. The summed E-state index contributed by atoms with van der Waals surface area (Å²) in [7, 11) is -3.91. The second kappa shape index (κ2) is 14.7. The first-order chi connectivity index (χ1) is 25.7. The average molecular weight is 766 g/mol. The van der Waals surface area contributed by atoms with E-state index < -0.39 is 80.4 Å². The summed E-state index contributed by atoms with van der Waals surface area (Å²) in [6.45, 7) is 7.97. The van der Waals surface area contributed by atoms with Gasteiger partial charge in [-0.05, 0) is 81.4 Å². The quantitative estimate of drug-likeness (QED) is 0.346. The number of alkyl carbamates (subject to hydrolysis) is 1. The molecule has 0 unspecified atom stereocenters.